The first-order chi connectivity index (χ1) is 13.4. The lowest BCUT2D eigenvalue weighted by Crippen LogP contribution is -2.52. The minimum Gasteiger partial charge on any atom is -0.352 e. The number of nitrogens with zero attached hydrogens (tertiary/aromatic N) is 3. The second-order valence-electron chi connectivity index (χ2n) is 6.85. The Kier molecular flexibility index (Phi) is 4.50. The van der Waals surface area contributed by atoms with Gasteiger partial charge in [-0.15, -0.1) is 0 Å². The SMILES string of the molecule is Cc1nc2ccc(C(=O)N3CCNC(=O)C3c3cccc(F)c3)cc2nc1C. The molecule has 4 rings (SSSR count). The minimum absolute atomic E-state index is 0.300. The summed E-state index contributed by atoms with van der Waals surface area (Å²) in [4.78, 5) is 36.2. The van der Waals surface area contributed by atoms with Gasteiger partial charge in [-0.3, -0.25) is 9.59 Å². The van der Waals surface area contributed by atoms with Crippen LogP contribution in [0.5, 0.6) is 0 Å². The summed E-state index contributed by atoms with van der Waals surface area (Å²) in [6.07, 6.45) is 0. The van der Waals surface area contributed by atoms with Crippen LogP contribution in [0.4, 0.5) is 4.39 Å². The van der Waals surface area contributed by atoms with E-state index >= 15 is 0 Å². The highest BCUT2D eigenvalue weighted by Gasteiger charge is 2.35. The molecule has 6 nitrogen and oxygen atoms in total. The second kappa shape index (κ2) is 6.99. The molecule has 0 aliphatic carbocycles. The van der Waals surface area contributed by atoms with Crippen LogP contribution in [0.3, 0.4) is 0 Å². The van der Waals surface area contributed by atoms with Gasteiger partial charge in [0.1, 0.15) is 11.9 Å². The molecule has 1 aliphatic rings. The first-order valence-corrected chi connectivity index (χ1v) is 9.03. The Morgan fingerprint density at radius 2 is 1.86 bits per heavy atom. The highest BCUT2D eigenvalue weighted by molar-refractivity contribution is 6.00. The largest absolute Gasteiger partial charge is 0.352 e. The number of carbonyl (C=O) groups is 2. The summed E-state index contributed by atoms with van der Waals surface area (Å²) in [6, 6.07) is 10.0. The summed E-state index contributed by atoms with van der Waals surface area (Å²) >= 11 is 0. The molecule has 1 atom stereocenters. The van der Waals surface area contributed by atoms with E-state index in [1.165, 1.54) is 23.1 Å². The molecule has 0 radical (unpaired) electrons. The van der Waals surface area contributed by atoms with Crippen molar-refractivity contribution in [2.24, 2.45) is 0 Å². The van der Waals surface area contributed by atoms with Gasteiger partial charge in [0.25, 0.3) is 5.91 Å². The highest BCUT2D eigenvalue weighted by Crippen LogP contribution is 2.26. The molecule has 7 heteroatoms. The predicted molar refractivity (Wildman–Crippen MR) is 102 cm³/mol. The van der Waals surface area contributed by atoms with Crippen LogP contribution in [0.15, 0.2) is 42.5 Å². The summed E-state index contributed by atoms with van der Waals surface area (Å²) < 4.78 is 13.7. The number of rotatable bonds is 2. The van der Waals surface area contributed by atoms with Gasteiger partial charge in [0.05, 0.1) is 22.4 Å². The number of fused-ring (bicyclic) bond motifs is 1. The zero-order valence-electron chi connectivity index (χ0n) is 15.6. The third kappa shape index (κ3) is 3.19. The Hall–Kier alpha value is -3.35. The molecule has 0 bridgehead atoms. The van der Waals surface area contributed by atoms with E-state index in [1.807, 2.05) is 13.8 Å². The summed E-state index contributed by atoms with van der Waals surface area (Å²) in [6.45, 7) is 4.44. The van der Waals surface area contributed by atoms with Gasteiger partial charge < -0.3 is 10.2 Å². The van der Waals surface area contributed by atoms with E-state index in [0.717, 1.165) is 11.4 Å². The van der Waals surface area contributed by atoms with Gasteiger partial charge in [0, 0.05) is 18.7 Å². The van der Waals surface area contributed by atoms with Crippen LogP contribution in [0.2, 0.25) is 0 Å². The van der Waals surface area contributed by atoms with Crippen LogP contribution in [0.1, 0.15) is 33.4 Å². The Morgan fingerprint density at radius 3 is 2.61 bits per heavy atom. The number of hydrogen-bond acceptors (Lipinski definition) is 4. The maximum Gasteiger partial charge on any atom is 0.254 e. The maximum atomic E-state index is 13.7. The van der Waals surface area contributed by atoms with Gasteiger partial charge in [-0.1, -0.05) is 12.1 Å². The van der Waals surface area contributed by atoms with Crippen molar-refractivity contribution in [3.8, 4) is 0 Å². The maximum absolute atomic E-state index is 13.7. The third-order valence-electron chi connectivity index (χ3n) is 4.96. The van der Waals surface area contributed by atoms with Gasteiger partial charge in [0.15, 0.2) is 0 Å². The zero-order valence-corrected chi connectivity index (χ0v) is 15.6. The molecular weight excluding hydrogens is 359 g/mol. The van der Waals surface area contributed by atoms with Crippen molar-refractivity contribution in [3.05, 3.63) is 70.8 Å². The Balaban J connectivity index is 1.73. The van der Waals surface area contributed by atoms with Crippen molar-refractivity contribution in [1.29, 1.82) is 0 Å². The fraction of sp³-hybridized carbons (Fsp3) is 0.238. The standard InChI is InChI=1S/C21H19FN4O2/c1-12-13(2)25-18-11-15(6-7-17(18)24-12)21(28)26-9-8-23-20(27)19(26)14-4-3-5-16(22)10-14/h3-7,10-11,19H,8-9H2,1-2H3,(H,23,27). The van der Waals surface area contributed by atoms with E-state index < -0.39 is 11.9 Å². The minimum atomic E-state index is -0.876. The van der Waals surface area contributed by atoms with Crippen LogP contribution in [0.25, 0.3) is 11.0 Å². The molecule has 142 valence electrons. The van der Waals surface area contributed by atoms with Crippen molar-refractivity contribution in [2.75, 3.05) is 13.1 Å². The van der Waals surface area contributed by atoms with Crippen molar-refractivity contribution < 1.29 is 14.0 Å². The molecule has 0 spiro atoms. The number of amides is 2. The fourth-order valence-electron chi connectivity index (χ4n) is 3.42. The fourth-order valence-corrected chi connectivity index (χ4v) is 3.42. The molecule has 0 saturated carbocycles. The molecule has 1 unspecified atom stereocenters. The van der Waals surface area contributed by atoms with Crippen molar-refractivity contribution in [1.82, 2.24) is 20.2 Å². The first-order valence-electron chi connectivity index (χ1n) is 9.03. The number of carbonyl (C=O) groups excluding carboxylic acids is 2. The van der Waals surface area contributed by atoms with Crippen LogP contribution in [-0.2, 0) is 4.79 Å². The molecule has 1 N–H and O–H groups in total. The number of aromatic nitrogens is 2. The van der Waals surface area contributed by atoms with Gasteiger partial charge in [0.2, 0.25) is 5.91 Å². The van der Waals surface area contributed by atoms with Gasteiger partial charge >= 0.3 is 0 Å². The van der Waals surface area contributed by atoms with Crippen LogP contribution < -0.4 is 5.32 Å². The summed E-state index contributed by atoms with van der Waals surface area (Å²) in [5.74, 6) is -1.07. The molecule has 1 aromatic heterocycles. The van der Waals surface area contributed by atoms with Crippen LogP contribution in [0, 0.1) is 19.7 Å². The molecule has 28 heavy (non-hydrogen) atoms. The predicted octanol–water partition coefficient (Wildman–Crippen LogP) is 2.70. The average molecular weight is 378 g/mol. The van der Waals surface area contributed by atoms with Crippen LogP contribution >= 0.6 is 0 Å². The van der Waals surface area contributed by atoms with E-state index in [1.54, 1.807) is 24.3 Å². The topological polar surface area (TPSA) is 75.2 Å². The second-order valence-corrected chi connectivity index (χ2v) is 6.85. The van der Waals surface area contributed by atoms with Gasteiger partial charge in [-0.25, -0.2) is 14.4 Å². The van der Waals surface area contributed by atoms with E-state index in [2.05, 4.69) is 15.3 Å². The quantitative estimate of drug-likeness (QED) is 0.744. The number of aryl methyl sites for hydroxylation is 2. The summed E-state index contributed by atoms with van der Waals surface area (Å²) in [5.41, 5.74) is 3.83. The lowest BCUT2D eigenvalue weighted by atomic mass is 10.0. The van der Waals surface area contributed by atoms with Crippen molar-refractivity contribution in [3.63, 3.8) is 0 Å². The molecule has 1 saturated heterocycles. The first kappa shape index (κ1) is 18.0. The van der Waals surface area contributed by atoms with E-state index in [0.29, 0.717) is 35.2 Å². The number of nitrogens with one attached hydrogen (secondary N) is 1. The van der Waals surface area contributed by atoms with E-state index in [9.17, 15) is 14.0 Å². The lowest BCUT2D eigenvalue weighted by Gasteiger charge is -2.35. The smallest absolute Gasteiger partial charge is 0.254 e. The molecule has 2 heterocycles. The molecule has 1 fully saturated rings. The number of halogens is 1. The Bertz CT molecular complexity index is 1100. The average Bonchev–Trinajstić information content (AvgIpc) is 2.68. The normalized spacial score (nSPS) is 16.9. The van der Waals surface area contributed by atoms with Crippen LogP contribution in [-0.4, -0.2) is 39.8 Å². The zero-order chi connectivity index (χ0) is 19.8. The van der Waals surface area contributed by atoms with E-state index in [-0.39, 0.29) is 11.8 Å². The molecule has 2 amide bonds. The molecule has 2 aromatic carbocycles. The Labute approximate surface area is 161 Å². The third-order valence-corrected chi connectivity index (χ3v) is 4.96. The van der Waals surface area contributed by atoms with Gasteiger partial charge in [-0.05, 0) is 49.7 Å². The van der Waals surface area contributed by atoms with E-state index in [4.69, 9.17) is 0 Å². The van der Waals surface area contributed by atoms with Crippen molar-refractivity contribution in [2.45, 2.75) is 19.9 Å². The monoisotopic (exact) mass is 378 g/mol. The lowest BCUT2D eigenvalue weighted by molar-refractivity contribution is -0.128. The number of hydrogen-bond donors (Lipinski definition) is 1. The van der Waals surface area contributed by atoms with Crippen molar-refractivity contribution >= 4 is 22.8 Å². The van der Waals surface area contributed by atoms with Gasteiger partial charge in [-0.2, -0.15) is 0 Å². The number of piperazine rings is 1. The Morgan fingerprint density at radius 1 is 1.11 bits per heavy atom. The number of benzene rings is 2. The highest BCUT2D eigenvalue weighted by atomic mass is 19.1. The molecule has 3 aromatic rings. The molecule has 1 aliphatic heterocycles. The summed E-state index contributed by atoms with van der Waals surface area (Å²) in [7, 11) is 0. The molecular formula is C21H19FN4O2. The summed E-state index contributed by atoms with van der Waals surface area (Å²) in [5, 5.41) is 2.75.